The first kappa shape index (κ1) is 14.3. The minimum Gasteiger partial charge on any atom is -0.478 e. The molecule has 4 heteroatoms. The highest BCUT2D eigenvalue weighted by Gasteiger charge is 2.42. The molecule has 1 heterocycles. The lowest BCUT2D eigenvalue weighted by Gasteiger charge is -2.40. The Morgan fingerprint density at radius 2 is 2.26 bits per heavy atom. The number of aliphatic hydroxyl groups is 1. The van der Waals surface area contributed by atoms with Crippen molar-refractivity contribution < 1.29 is 15.0 Å². The number of aliphatic hydroxyl groups excluding tert-OH is 1. The summed E-state index contributed by atoms with van der Waals surface area (Å²) >= 11 is 0. The first-order chi connectivity index (χ1) is 9.01. The van der Waals surface area contributed by atoms with E-state index >= 15 is 0 Å². The van der Waals surface area contributed by atoms with Gasteiger partial charge in [-0.25, -0.2) is 4.79 Å². The molecule has 0 aromatic rings. The van der Waals surface area contributed by atoms with Gasteiger partial charge in [0, 0.05) is 13.2 Å². The average Bonchev–Trinajstić information content (AvgIpc) is 2.86. The molecule has 3 N–H and O–H groups in total. The molecule has 0 radical (unpaired) electrons. The van der Waals surface area contributed by atoms with E-state index in [0.717, 1.165) is 19.5 Å². The molecule has 2 aliphatic rings. The van der Waals surface area contributed by atoms with Crippen molar-refractivity contribution >= 4 is 5.97 Å². The molecular formula is C15H23NO3. The van der Waals surface area contributed by atoms with Gasteiger partial charge in [0.15, 0.2) is 0 Å². The molecule has 0 saturated carbocycles. The SMILES string of the molecule is CCC1(C)C=CC(C(=O)O)=CC1[C@H]1CNC[C@H]1CO. The highest BCUT2D eigenvalue weighted by Crippen LogP contribution is 2.45. The maximum atomic E-state index is 11.2. The van der Waals surface area contributed by atoms with Crippen molar-refractivity contribution in [2.24, 2.45) is 23.2 Å². The summed E-state index contributed by atoms with van der Waals surface area (Å²) in [5.41, 5.74) is 0.350. The van der Waals surface area contributed by atoms with Crippen LogP contribution in [-0.2, 0) is 4.79 Å². The van der Waals surface area contributed by atoms with Crippen molar-refractivity contribution in [2.75, 3.05) is 19.7 Å². The summed E-state index contributed by atoms with van der Waals surface area (Å²) in [5.74, 6) is -0.186. The third-order valence-electron chi connectivity index (χ3n) is 4.86. The van der Waals surface area contributed by atoms with E-state index in [0.29, 0.717) is 11.5 Å². The molecule has 0 bridgehead atoms. The van der Waals surface area contributed by atoms with E-state index in [2.05, 4.69) is 19.2 Å². The minimum atomic E-state index is -0.870. The molecule has 2 unspecified atom stereocenters. The van der Waals surface area contributed by atoms with E-state index in [1.165, 1.54) is 0 Å². The summed E-state index contributed by atoms with van der Waals surface area (Å²) in [6, 6.07) is 0. The maximum absolute atomic E-state index is 11.2. The minimum absolute atomic E-state index is 0.0247. The van der Waals surface area contributed by atoms with Crippen molar-refractivity contribution in [1.29, 1.82) is 0 Å². The monoisotopic (exact) mass is 265 g/mol. The topological polar surface area (TPSA) is 69.6 Å². The second-order valence-corrected chi connectivity index (χ2v) is 5.91. The van der Waals surface area contributed by atoms with Crippen LogP contribution >= 0.6 is 0 Å². The third-order valence-corrected chi connectivity index (χ3v) is 4.86. The second kappa shape index (κ2) is 5.47. The van der Waals surface area contributed by atoms with Crippen molar-refractivity contribution in [3.8, 4) is 0 Å². The molecule has 1 fully saturated rings. The summed E-state index contributed by atoms with van der Waals surface area (Å²) in [6.45, 7) is 6.14. The lowest BCUT2D eigenvalue weighted by Crippen LogP contribution is -2.36. The van der Waals surface area contributed by atoms with Crippen molar-refractivity contribution in [1.82, 2.24) is 5.32 Å². The standard InChI is InChI=1S/C15H23NO3/c1-3-15(2)5-4-10(14(18)19)6-13(15)12-8-16-7-11(12)9-17/h4-6,11-13,16-17H,3,7-9H2,1-2H3,(H,18,19)/t11-,12-,13?,15?/m0/s1. The van der Waals surface area contributed by atoms with Crippen LogP contribution in [-0.4, -0.2) is 35.9 Å². The third kappa shape index (κ3) is 2.60. The summed E-state index contributed by atoms with van der Waals surface area (Å²) < 4.78 is 0. The molecule has 0 aromatic carbocycles. The Morgan fingerprint density at radius 3 is 2.84 bits per heavy atom. The summed E-state index contributed by atoms with van der Waals surface area (Å²) in [6.07, 6.45) is 6.62. The molecule has 0 spiro atoms. The lowest BCUT2D eigenvalue weighted by molar-refractivity contribution is -0.132. The van der Waals surface area contributed by atoms with Crippen LogP contribution in [0.1, 0.15) is 20.3 Å². The fourth-order valence-electron chi connectivity index (χ4n) is 3.31. The van der Waals surface area contributed by atoms with E-state index in [1.54, 1.807) is 6.08 Å². The largest absolute Gasteiger partial charge is 0.478 e. The molecule has 19 heavy (non-hydrogen) atoms. The number of hydrogen-bond donors (Lipinski definition) is 3. The van der Waals surface area contributed by atoms with E-state index in [4.69, 9.17) is 0 Å². The molecular weight excluding hydrogens is 242 g/mol. The quantitative estimate of drug-likeness (QED) is 0.719. The molecule has 0 aromatic heterocycles. The van der Waals surface area contributed by atoms with Gasteiger partial charge in [0.2, 0.25) is 0 Å². The van der Waals surface area contributed by atoms with Crippen molar-refractivity contribution in [2.45, 2.75) is 20.3 Å². The highest BCUT2D eigenvalue weighted by atomic mass is 16.4. The van der Waals surface area contributed by atoms with Crippen LogP contribution in [0.2, 0.25) is 0 Å². The molecule has 1 aliphatic heterocycles. The maximum Gasteiger partial charge on any atom is 0.335 e. The molecule has 1 aliphatic carbocycles. The summed E-state index contributed by atoms with van der Waals surface area (Å²) in [4.78, 5) is 11.2. The molecule has 4 atom stereocenters. The van der Waals surface area contributed by atoms with E-state index in [-0.39, 0.29) is 23.9 Å². The Bertz CT molecular complexity index is 416. The Balaban J connectivity index is 2.32. The van der Waals surface area contributed by atoms with Gasteiger partial charge >= 0.3 is 5.97 Å². The molecule has 1 saturated heterocycles. The number of aliphatic carboxylic acids is 1. The molecule has 0 amide bonds. The van der Waals surface area contributed by atoms with Gasteiger partial charge in [-0.15, -0.1) is 0 Å². The Hall–Kier alpha value is -1.13. The van der Waals surface area contributed by atoms with Crippen LogP contribution in [0.5, 0.6) is 0 Å². The highest BCUT2D eigenvalue weighted by molar-refractivity contribution is 5.90. The summed E-state index contributed by atoms with van der Waals surface area (Å²) in [7, 11) is 0. The van der Waals surface area contributed by atoms with Gasteiger partial charge < -0.3 is 15.5 Å². The fraction of sp³-hybridized carbons (Fsp3) is 0.667. The first-order valence-corrected chi connectivity index (χ1v) is 6.97. The van der Waals surface area contributed by atoms with Crippen LogP contribution in [0, 0.1) is 23.2 Å². The number of allylic oxidation sites excluding steroid dienone is 2. The van der Waals surface area contributed by atoms with Crippen LogP contribution < -0.4 is 5.32 Å². The molecule has 4 nitrogen and oxygen atoms in total. The van der Waals surface area contributed by atoms with Crippen LogP contribution in [0.4, 0.5) is 0 Å². The predicted molar refractivity (Wildman–Crippen MR) is 73.7 cm³/mol. The number of carboxylic acid groups (broad SMARTS) is 1. The number of hydrogen-bond acceptors (Lipinski definition) is 3. The number of carboxylic acids is 1. The van der Waals surface area contributed by atoms with Crippen molar-refractivity contribution in [3.05, 3.63) is 23.8 Å². The van der Waals surface area contributed by atoms with Gasteiger partial charge in [0.1, 0.15) is 0 Å². The van der Waals surface area contributed by atoms with Gasteiger partial charge in [-0.05, 0) is 36.1 Å². The zero-order chi connectivity index (χ0) is 14.0. The summed E-state index contributed by atoms with van der Waals surface area (Å²) in [5, 5.41) is 22.0. The van der Waals surface area contributed by atoms with Gasteiger partial charge in [0.25, 0.3) is 0 Å². The van der Waals surface area contributed by atoms with Gasteiger partial charge in [-0.3, -0.25) is 0 Å². The van der Waals surface area contributed by atoms with Gasteiger partial charge in [-0.2, -0.15) is 0 Å². The van der Waals surface area contributed by atoms with E-state index in [1.807, 2.05) is 12.2 Å². The molecule has 2 rings (SSSR count). The average molecular weight is 265 g/mol. The van der Waals surface area contributed by atoms with Crippen LogP contribution in [0.3, 0.4) is 0 Å². The number of rotatable bonds is 4. The lowest BCUT2D eigenvalue weighted by atomic mass is 9.64. The zero-order valence-electron chi connectivity index (χ0n) is 11.6. The predicted octanol–water partition coefficient (Wildman–Crippen LogP) is 1.43. The molecule has 106 valence electrons. The first-order valence-electron chi connectivity index (χ1n) is 6.97. The smallest absolute Gasteiger partial charge is 0.335 e. The van der Waals surface area contributed by atoms with E-state index in [9.17, 15) is 15.0 Å². The van der Waals surface area contributed by atoms with E-state index < -0.39 is 5.97 Å². The Morgan fingerprint density at radius 1 is 1.53 bits per heavy atom. The van der Waals surface area contributed by atoms with Crippen LogP contribution in [0.15, 0.2) is 23.8 Å². The van der Waals surface area contributed by atoms with Gasteiger partial charge in [-0.1, -0.05) is 32.1 Å². The number of nitrogens with one attached hydrogen (secondary N) is 1. The fourth-order valence-corrected chi connectivity index (χ4v) is 3.31. The number of carbonyl (C=O) groups is 1. The Labute approximate surface area is 114 Å². The van der Waals surface area contributed by atoms with Crippen molar-refractivity contribution in [3.63, 3.8) is 0 Å². The van der Waals surface area contributed by atoms with Crippen LogP contribution in [0.25, 0.3) is 0 Å². The Kier molecular flexibility index (Phi) is 4.11. The normalized spacial score (nSPS) is 38.3. The second-order valence-electron chi connectivity index (χ2n) is 5.91. The van der Waals surface area contributed by atoms with Gasteiger partial charge in [0.05, 0.1) is 5.57 Å². The zero-order valence-corrected chi connectivity index (χ0v) is 11.6.